The van der Waals surface area contributed by atoms with E-state index in [0.29, 0.717) is 5.92 Å². The van der Waals surface area contributed by atoms with Crippen LogP contribution in [0.5, 0.6) is 0 Å². The van der Waals surface area contributed by atoms with Crippen molar-refractivity contribution >= 4 is 0 Å². The van der Waals surface area contributed by atoms with Gasteiger partial charge >= 0.3 is 0 Å². The quantitative estimate of drug-likeness (QED) is 0.504. The zero-order chi connectivity index (χ0) is 10.6. The number of rotatable bonds is 5. The molecule has 0 spiro atoms. The minimum absolute atomic E-state index is 0.673. The summed E-state index contributed by atoms with van der Waals surface area (Å²) in [6.07, 6.45) is 9.59. The van der Waals surface area contributed by atoms with E-state index in [1.165, 1.54) is 31.5 Å². The van der Waals surface area contributed by atoms with E-state index in [1.54, 1.807) is 0 Å². The molecule has 0 saturated carbocycles. The average molecular weight is 195 g/mol. The van der Waals surface area contributed by atoms with E-state index in [9.17, 15) is 0 Å². The van der Waals surface area contributed by atoms with Gasteiger partial charge in [0.2, 0.25) is 0 Å². The standard InChI is InChI=1S/C12H23N2/c1-5-6-7-8-11(2)12-13(3)9-10-14(12)4/h9-11H,5-8H2,1-4H3/q+1. The van der Waals surface area contributed by atoms with Crippen molar-refractivity contribution in [2.24, 2.45) is 14.1 Å². The number of hydrogen-bond acceptors (Lipinski definition) is 0. The van der Waals surface area contributed by atoms with Crippen LogP contribution in [0.15, 0.2) is 12.4 Å². The van der Waals surface area contributed by atoms with Gasteiger partial charge in [-0.2, -0.15) is 0 Å². The summed E-state index contributed by atoms with van der Waals surface area (Å²) >= 11 is 0. The van der Waals surface area contributed by atoms with Gasteiger partial charge < -0.3 is 0 Å². The summed E-state index contributed by atoms with van der Waals surface area (Å²) in [5.74, 6) is 2.10. The highest BCUT2D eigenvalue weighted by Crippen LogP contribution is 2.18. The predicted molar refractivity (Wildman–Crippen MR) is 59.1 cm³/mol. The predicted octanol–water partition coefficient (Wildman–Crippen LogP) is 2.53. The van der Waals surface area contributed by atoms with Crippen molar-refractivity contribution in [2.45, 2.75) is 45.4 Å². The van der Waals surface area contributed by atoms with Gasteiger partial charge in [-0.1, -0.05) is 33.1 Å². The highest BCUT2D eigenvalue weighted by molar-refractivity contribution is 4.90. The molecular weight excluding hydrogens is 172 g/mol. The molecule has 0 aromatic carbocycles. The second-order valence-electron chi connectivity index (χ2n) is 4.27. The molecule has 0 aliphatic carbocycles. The van der Waals surface area contributed by atoms with Gasteiger partial charge in [-0.05, 0) is 6.42 Å². The third-order valence-corrected chi connectivity index (χ3v) is 2.92. The second-order valence-corrected chi connectivity index (χ2v) is 4.27. The minimum Gasteiger partial charge on any atom is -0.237 e. The average Bonchev–Trinajstić information content (AvgIpc) is 2.46. The number of aromatic nitrogens is 2. The van der Waals surface area contributed by atoms with Gasteiger partial charge in [0.25, 0.3) is 5.82 Å². The maximum Gasteiger partial charge on any atom is 0.258 e. The maximum absolute atomic E-state index is 2.32. The van der Waals surface area contributed by atoms with Crippen LogP contribution < -0.4 is 4.57 Å². The lowest BCUT2D eigenvalue weighted by Gasteiger charge is -2.07. The van der Waals surface area contributed by atoms with Crippen molar-refractivity contribution in [2.75, 3.05) is 0 Å². The Morgan fingerprint density at radius 3 is 2.64 bits per heavy atom. The summed E-state index contributed by atoms with van der Waals surface area (Å²) in [7, 11) is 4.26. The molecule has 0 saturated heterocycles. The lowest BCUT2D eigenvalue weighted by Crippen LogP contribution is -2.33. The number of aryl methyl sites for hydroxylation is 2. The molecule has 0 aliphatic heterocycles. The summed E-state index contributed by atoms with van der Waals surface area (Å²) < 4.78 is 4.47. The molecule has 1 aromatic rings. The Kier molecular flexibility index (Phi) is 4.18. The van der Waals surface area contributed by atoms with E-state index in [-0.39, 0.29) is 0 Å². The summed E-state index contributed by atoms with van der Waals surface area (Å²) in [5.41, 5.74) is 0. The first-order valence-electron chi connectivity index (χ1n) is 5.67. The van der Waals surface area contributed by atoms with Crippen LogP contribution in [0.3, 0.4) is 0 Å². The zero-order valence-corrected chi connectivity index (χ0v) is 9.95. The van der Waals surface area contributed by atoms with E-state index in [2.05, 4.69) is 49.5 Å². The lowest BCUT2D eigenvalue weighted by molar-refractivity contribution is -0.680. The Labute approximate surface area is 87.6 Å². The highest BCUT2D eigenvalue weighted by atomic mass is 15.1. The van der Waals surface area contributed by atoms with Crippen LogP contribution in [0.2, 0.25) is 0 Å². The van der Waals surface area contributed by atoms with Crippen molar-refractivity contribution in [1.82, 2.24) is 4.57 Å². The summed E-state index contributed by atoms with van der Waals surface area (Å²) in [6.45, 7) is 4.58. The number of nitrogens with zero attached hydrogens (tertiary/aromatic N) is 2. The van der Waals surface area contributed by atoms with Gasteiger partial charge in [0.15, 0.2) is 0 Å². The normalized spacial score (nSPS) is 13.1. The number of unbranched alkanes of at least 4 members (excludes halogenated alkanes) is 2. The van der Waals surface area contributed by atoms with Gasteiger partial charge in [-0.25, -0.2) is 9.13 Å². The number of imidazole rings is 1. The SMILES string of the molecule is CCCCCC(C)c1n(C)cc[n+]1C. The zero-order valence-electron chi connectivity index (χ0n) is 9.95. The Morgan fingerprint density at radius 2 is 2.14 bits per heavy atom. The summed E-state index contributed by atoms with van der Waals surface area (Å²) in [5, 5.41) is 0. The lowest BCUT2D eigenvalue weighted by atomic mass is 10.0. The molecule has 1 aromatic heterocycles. The van der Waals surface area contributed by atoms with E-state index in [4.69, 9.17) is 0 Å². The van der Waals surface area contributed by atoms with Crippen molar-refractivity contribution < 1.29 is 4.57 Å². The first-order valence-corrected chi connectivity index (χ1v) is 5.67. The monoisotopic (exact) mass is 195 g/mol. The molecule has 0 amide bonds. The molecule has 1 heterocycles. The molecule has 0 bridgehead atoms. The van der Waals surface area contributed by atoms with Gasteiger partial charge in [-0.3, -0.25) is 0 Å². The van der Waals surface area contributed by atoms with Crippen molar-refractivity contribution in [1.29, 1.82) is 0 Å². The van der Waals surface area contributed by atoms with Gasteiger partial charge in [0.1, 0.15) is 12.4 Å². The fraction of sp³-hybridized carbons (Fsp3) is 0.750. The third kappa shape index (κ3) is 2.60. The van der Waals surface area contributed by atoms with Gasteiger partial charge in [-0.15, -0.1) is 0 Å². The first kappa shape index (κ1) is 11.3. The van der Waals surface area contributed by atoms with E-state index in [0.717, 1.165) is 0 Å². The molecule has 1 atom stereocenters. The Bertz CT molecular complexity index is 256. The van der Waals surface area contributed by atoms with Crippen LogP contribution in [-0.2, 0) is 14.1 Å². The molecule has 0 radical (unpaired) electrons. The van der Waals surface area contributed by atoms with Crippen LogP contribution >= 0.6 is 0 Å². The Balaban J connectivity index is 2.55. The molecule has 0 fully saturated rings. The van der Waals surface area contributed by atoms with Crippen LogP contribution in [0.1, 0.15) is 51.3 Å². The fourth-order valence-corrected chi connectivity index (χ4v) is 2.13. The molecule has 80 valence electrons. The van der Waals surface area contributed by atoms with E-state index < -0.39 is 0 Å². The van der Waals surface area contributed by atoms with Crippen molar-refractivity contribution in [3.05, 3.63) is 18.2 Å². The topological polar surface area (TPSA) is 8.81 Å². The highest BCUT2D eigenvalue weighted by Gasteiger charge is 2.18. The van der Waals surface area contributed by atoms with Crippen LogP contribution in [0, 0.1) is 0 Å². The fourth-order valence-electron chi connectivity index (χ4n) is 2.13. The second kappa shape index (κ2) is 5.18. The van der Waals surface area contributed by atoms with E-state index >= 15 is 0 Å². The molecule has 1 rings (SSSR count). The first-order chi connectivity index (χ1) is 6.66. The molecule has 1 unspecified atom stereocenters. The Morgan fingerprint density at radius 1 is 1.43 bits per heavy atom. The smallest absolute Gasteiger partial charge is 0.237 e. The molecular formula is C12H23N2+. The molecule has 14 heavy (non-hydrogen) atoms. The third-order valence-electron chi connectivity index (χ3n) is 2.92. The van der Waals surface area contributed by atoms with Gasteiger partial charge in [0, 0.05) is 0 Å². The molecule has 0 N–H and O–H groups in total. The van der Waals surface area contributed by atoms with Crippen LogP contribution in [-0.4, -0.2) is 4.57 Å². The van der Waals surface area contributed by atoms with Crippen LogP contribution in [0.4, 0.5) is 0 Å². The summed E-state index contributed by atoms with van der Waals surface area (Å²) in [4.78, 5) is 0. The van der Waals surface area contributed by atoms with E-state index in [1.807, 2.05) is 0 Å². The van der Waals surface area contributed by atoms with Crippen molar-refractivity contribution in [3.63, 3.8) is 0 Å². The maximum atomic E-state index is 2.32. The number of hydrogen-bond donors (Lipinski definition) is 0. The summed E-state index contributed by atoms with van der Waals surface area (Å²) in [6, 6.07) is 0. The largest absolute Gasteiger partial charge is 0.258 e. The minimum atomic E-state index is 0.673. The van der Waals surface area contributed by atoms with Crippen molar-refractivity contribution in [3.8, 4) is 0 Å². The molecule has 2 nitrogen and oxygen atoms in total. The molecule has 0 aliphatic rings. The Hall–Kier alpha value is -0.790. The van der Waals surface area contributed by atoms with Gasteiger partial charge in [0.05, 0.1) is 20.0 Å². The molecule has 2 heteroatoms. The van der Waals surface area contributed by atoms with Crippen LogP contribution in [0.25, 0.3) is 0 Å².